The number of nitrogens with one attached hydrogen (secondary N) is 2. The zero-order valence-electron chi connectivity index (χ0n) is 17.7. The van der Waals surface area contributed by atoms with Crippen molar-refractivity contribution in [2.75, 3.05) is 26.1 Å². The van der Waals surface area contributed by atoms with E-state index in [0.29, 0.717) is 17.2 Å². The third-order valence-electron chi connectivity index (χ3n) is 4.30. The molecular formula is C21H26N2O7S. The highest BCUT2D eigenvalue weighted by molar-refractivity contribution is 7.89. The van der Waals surface area contributed by atoms with E-state index in [-0.39, 0.29) is 4.90 Å². The smallest absolute Gasteiger partial charge is 0.324 e. The van der Waals surface area contributed by atoms with Crippen molar-refractivity contribution in [1.82, 2.24) is 4.72 Å². The lowest BCUT2D eigenvalue weighted by molar-refractivity contribution is -0.150. The van der Waals surface area contributed by atoms with Gasteiger partial charge in [-0.1, -0.05) is 26.0 Å². The maximum absolute atomic E-state index is 12.6. The molecule has 0 aliphatic heterocycles. The van der Waals surface area contributed by atoms with Gasteiger partial charge in [-0.25, -0.2) is 8.42 Å². The molecule has 10 heteroatoms. The molecule has 0 saturated carbocycles. The van der Waals surface area contributed by atoms with Gasteiger partial charge in [-0.15, -0.1) is 0 Å². The molecule has 1 atom stereocenters. The van der Waals surface area contributed by atoms with Crippen molar-refractivity contribution in [3.8, 4) is 11.5 Å². The van der Waals surface area contributed by atoms with Crippen molar-refractivity contribution < 1.29 is 32.2 Å². The van der Waals surface area contributed by atoms with Crippen LogP contribution in [0.3, 0.4) is 0 Å². The van der Waals surface area contributed by atoms with Crippen LogP contribution >= 0.6 is 0 Å². The maximum atomic E-state index is 12.6. The number of carbonyl (C=O) groups excluding carboxylic acids is 2. The van der Waals surface area contributed by atoms with E-state index in [1.165, 1.54) is 38.5 Å². The van der Waals surface area contributed by atoms with Crippen molar-refractivity contribution >= 4 is 27.6 Å². The third-order valence-corrected chi connectivity index (χ3v) is 5.76. The van der Waals surface area contributed by atoms with E-state index in [2.05, 4.69) is 10.0 Å². The number of para-hydroxylation sites is 2. The van der Waals surface area contributed by atoms with Crippen molar-refractivity contribution in [1.29, 1.82) is 0 Å². The SMILES string of the molecule is COc1ccc(S(=O)(=O)NC(C(=O)OCC(=O)Nc2ccccc2OC)C(C)C)cc1. The number of ether oxygens (including phenoxy) is 3. The average molecular weight is 451 g/mol. The van der Waals surface area contributed by atoms with Crippen LogP contribution in [0.25, 0.3) is 0 Å². The highest BCUT2D eigenvalue weighted by Crippen LogP contribution is 2.23. The van der Waals surface area contributed by atoms with Crippen molar-refractivity contribution in [2.24, 2.45) is 5.92 Å². The summed E-state index contributed by atoms with van der Waals surface area (Å²) >= 11 is 0. The number of benzene rings is 2. The van der Waals surface area contributed by atoms with Crippen LogP contribution in [0, 0.1) is 5.92 Å². The van der Waals surface area contributed by atoms with E-state index < -0.39 is 40.5 Å². The molecule has 31 heavy (non-hydrogen) atoms. The lowest BCUT2D eigenvalue weighted by atomic mass is 10.1. The van der Waals surface area contributed by atoms with E-state index in [1.54, 1.807) is 38.1 Å². The molecule has 0 fully saturated rings. The lowest BCUT2D eigenvalue weighted by Crippen LogP contribution is -2.45. The quantitative estimate of drug-likeness (QED) is 0.533. The molecule has 0 aliphatic rings. The van der Waals surface area contributed by atoms with Gasteiger partial charge in [0.05, 0.1) is 24.8 Å². The number of hydrogen-bond donors (Lipinski definition) is 2. The van der Waals surface area contributed by atoms with E-state index in [1.807, 2.05) is 0 Å². The zero-order chi connectivity index (χ0) is 23.0. The van der Waals surface area contributed by atoms with Gasteiger partial charge in [0.2, 0.25) is 10.0 Å². The Morgan fingerprint density at radius 3 is 2.19 bits per heavy atom. The van der Waals surface area contributed by atoms with Gasteiger partial charge in [0.15, 0.2) is 6.61 Å². The number of hydrogen-bond acceptors (Lipinski definition) is 7. The normalized spacial score (nSPS) is 12.2. The first-order valence-electron chi connectivity index (χ1n) is 9.44. The molecule has 0 spiro atoms. The first-order chi connectivity index (χ1) is 14.7. The molecule has 0 aromatic heterocycles. The number of esters is 1. The first kappa shape index (κ1) is 24.2. The van der Waals surface area contributed by atoms with E-state index in [4.69, 9.17) is 14.2 Å². The molecule has 2 N–H and O–H groups in total. The molecule has 0 bridgehead atoms. The Hall–Kier alpha value is -3.11. The summed E-state index contributed by atoms with van der Waals surface area (Å²) in [6.07, 6.45) is 0. The Bertz CT molecular complexity index is 1000. The van der Waals surface area contributed by atoms with Crippen LogP contribution in [-0.4, -0.2) is 47.2 Å². The van der Waals surface area contributed by atoms with E-state index in [0.717, 1.165) is 0 Å². The number of carbonyl (C=O) groups is 2. The minimum atomic E-state index is -3.99. The standard InChI is InChI=1S/C21H26N2O7S/c1-14(2)20(23-31(26,27)16-11-9-15(28-3)10-12-16)21(25)30-13-19(24)22-17-7-5-6-8-18(17)29-4/h5-12,14,20,23H,13H2,1-4H3,(H,22,24). The molecule has 0 heterocycles. The summed E-state index contributed by atoms with van der Waals surface area (Å²) < 4.78 is 42.9. The van der Waals surface area contributed by atoms with Gasteiger partial charge in [-0.05, 0) is 42.3 Å². The van der Waals surface area contributed by atoms with Gasteiger partial charge in [0.25, 0.3) is 5.91 Å². The van der Waals surface area contributed by atoms with Crippen LogP contribution in [-0.2, 0) is 24.3 Å². The monoisotopic (exact) mass is 450 g/mol. The second-order valence-electron chi connectivity index (χ2n) is 6.87. The molecule has 0 radical (unpaired) electrons. The predicted molar refractivity (Wildman–Crippen MR) is 115 cm³/mol. The number of anilines is 1. The zero-order valence-corrected chi connectivity index (χ0v) is 18.6. The summed E-state index contributed by atoms with van der Waals surface area (Å²) in [6, 6.07) is 11.3. The fourth-order valence-electron chi connectivity index (χ4n) is 2.61. The molecule has 0 aliphatic carbocycles. The largest absolute Gasteiger partial charge is 0.497 e. The molecular weight excluding hydrogens is 424 g/mol. The lowest BCUT2D eigenvalue weighted by Gasteiger charge is -2.21. The molecule has 1 amide bonds. The molecule has 168 valence electrons. The number of methoxy groups -OCH3 is 2. The van der Waals surface area contributed by atoms with Crippen LogP contribution in [0.2, 0.25) is 0 Å². The molecule has 2 aromatic carbocycles. The Kier molecular flexibility index (Phi) is 8.40. The van der Waals surface area contributed by atoms with E-state index in [9.17, 15) is 18.0 Å². The number of amides is 1. The van der Waals surface area contributed by atoms with Gasteiger partial charge >= 0.3 is 5.97 Å². The Morgan fingerprint density at radius 1 is 0.968 bits per heavy atom. The third kappa shape index (κ3) is 6.69. The summed E-state index contributed by atoms with van der Waals surface area (Å²) in [5, 5.41) is 2.58. The summed E-state index contributed by atoms with van der Waals surface area (Å²) in [5.41, 5.74) is 0.423. The van der Waals surface area contributed by atoms with Gasteiger partial charge < -0.3 is 19.5 Å². The topological polar surface area (TPSA) is 120 Å². The highest BCUT2D eigenvalue weighted by Gasteiger charge is 2.30. The number of sulfonamides is 1. The molecule has 9 nitrogen and oxygen atoms in total. The first-order valence-corrected chi connectivity index (χ1v) is 10.9. The van der Waals surface area contributed by atoms with Gasteiger partial charge in [-0.3, -0.25) is 9.59 Å². The second kappa shape index (κ2) is 10.8. The van der Waals surface area contributed by atoms with Crippen LogP contribution in [0.15, 0.2) is 53.4 Å². The molecule has 1 unspecified atom stereocenters. The van der Waals surface area contributed by atoms with Gasteiger partial charge in [0, 0.05) is 0 Å². The molecule has 2 rings (SSSR count). The van der Waals surface area contributed by atoms with Gasteiger partial charge in [0.1, 0.15) is 17.5 Å². The molecule has 2 aromatic rings. The van der Waals surface area contributed by atoms with Gasteiger partial charge in [-0.2, -0.15) is 4.72 Å². The minimum absolute atomic E-state index is 0.0272. The van der Waals surface area contributed by atoms with Crippen molar-refractivity contribution in [3.05, 3.63) is 48.5 Å². The fourth-order valence-corrected chi connectivity index (χ4v) is 3.94. The van der Waals surface area contributed by atoms with Crippen molar-refractivity contribution in [2.45, 2.75) is 24.8 Å². The fraction of sp³-hybridized carbons (Fsp3) is 0.333. The minimum Gasteiger partial charge on any atom is -0.497 e. The number of rotatable bonds is 10. The Labute approximate surface area is 181 Å². The summed E-state index contributed by atoms with van der Waals surface area (Å²) in [4.78, 5) is 24.6. The van der Waals surface area contributed by atoms with Crippen LogP contribution < -0.4 is 19.5 Å². The maximum Gasteiger partial charge on any atom is 0.324 e. The average Bonchev–Trinajstić information content (AvgIpc) is 2.76. The highest BCUT2D eigenvalue weighted by atomic mass is 32.2. The van der Waals surface area contributed by atoms with Crippen LogP contribution in [0.5, 0.6) is 11.5 Å². The Balaban J connectivity index is 2.02. The second-order valence-corrected chi connectivity index (χ2v) is 8.59. The predicted octanol–water partition coefficient (Wildman–Crippen LogP) is 2.19. The summed E-state index contributed by atoms with van der Waals surface area (Å²) in [7, 11) is -1.06. The van der Waals surface area contributed by atoms with Crippen LogP contribution in [0.1, 0.15) is 13.8 Å². The van der Waals surface area contributed by atoms with E-state index >= 15 is 0 Å². The van der Waals surface area contributed by atoms with Crippen LogP contribution in [0.4, 0.5) is 5.69 Å². The Morgan fingerprint density at radius 2 is 1.61 bits per heavy atom. The summed E-state index contributed by atoms with van der Waals surface area (Å²) in [6.45, 7) is 2.75. The summed E-state index contributed by atoms with van der Waals surface area (Å²) in [5.74, 6) is -0.909. The van der Waals surface area contributed by atoms with Crippen molar-refractivity contribution in [3.63, 3.8) is 0 Å². The molecule has 0 saturated heterocycles.